The number of anilines is 1. The smallest absolute Gasteiger partial charge is 0.272 e. The number of rotatable bonds is 8. The molecule has 0 unspecified atom stereocenters. The molecule has 5 heteroatoms. The summed E-state index contributed by atoms with van der Waals surface area (Å²) in [5.74, 6) is -0.315. The summed E-state index contributed by atoms with van der Waals surface area (Å²) in [6.45, 7) is 4.11. The number of amides is 2. The van der Waals surface area contributed by atoms with Crippen molar-refractivity contribution in [1.82, 2.24) is 5.32 Å². The number of carbonyl (C=O) groups excluding carboxylic acids is 2. The number of nitrogens with one attached hydrogen (secondary N) is 2. The van der Waals surface area contributed by atoms with Crippen LogP contribution in [-0.4, -0.2) is 11.8 Å². The maximum Gasteiger partial charge on any atom is 0.272 e. The Morgan fingerprint density at radius 1 is 1.00 bits per heavy atom. The van der Waals surface area contributed by atoms with Gasteiger partial charge in [-0.15, -0.1) is 0 Å². The average molecular weight is 402 g/mol. The highest BCUT2D eigenvalue weighted by molar-refractivity contribution is 6.10. The van der Waals surface area contributed by atoms with E-state index in [4.69, 9.17) is 4.42 Å². The molecular formula is C25H26N2O3. The third-order valence-corrected chi connectivity index (χ3v) is 4.67. The highest BCUT2D eigenvalue weighted by Crippen LogP contribution is 2.14. The third-order valence-electron chi connectivity index (χ3n) is 4.67. The van der Waals surface area contributed by atoms with Crippen LogP contribution in [0, 0.1) is 6.92 Å². The summed E-state index contributed by atoms with van der Waals surface area (Å²) >= 11 is 0. The molecule has 0 aliphatic rings. The van der Waals surface area contributed by atoms with E-state index in [1.54, 1.807) is 24.3 Å². The van der Waals surface area contributed by atoms with Crippen molar-refractivity contribution in [3.8, 4) is 0 Å². The zero-order chi connectivity index (χ0) is 21.3. The second-order valence-corrected chi connectivity index (χ2v) is 7.15. The Morgan fingerprint density at radius 2 is 1.73 bits per heavy atom. The fourth-order valence-corrected chi connectivity index (χ4v) is 2.91. The maximum absolute atomic E-state index is 12.9. The Morgan fingerprint density at radius 3 is 2.37 bits per heavy atom. The summed E-state index contributed by atoms with van der Waals surface area (Å²) in [6, 6.07) is 18.3. The van der Waals surface area contributed by atoms with Gasteiger partial charge in [-0.25, -0.2) is 0 Å². The van der Waals surface area contributed by atoms with Gasteiger partial charge in [0.25, 0.3) is 11.8 Å². The van der Waals surface area contributed by atoms with Crippen LogP contribution >= 0.6 is 0 Å². The highest BCUT2D eigenvalue weighted by atomic mass is 16.3. The quantitative estimate of drug-likeness (QED) is 0.500. The van der Waals surface area contributed by atoms with Gasteiger partial charge in [0.1, 0.15) is 11.5 Å². The van der Waals surface area contributed by atoms with Crippen LogP contribution in [0.2, 0.25) is 0 Å². The van der Waals surface area contributed by atoms with E-state index in [0.717, 1.165) is 24.8 Å². The topological polar surface area (TPSA) is 71.3 Å². The monoisotopic (exact) mass is 402 g/mol. The maximum atomic E-state index is 12.9. The number of unbranched alkanes of at least 4 members (excludes halogenated alkanes) is 1. The van der Waals surface area contributed by atoms with Crippen LogP contribution in [0.5, 0.6) is 0 Å². The van der Waals surface area contributed by atoms with Gasteiger partial charge in [-0.05, 0) is 61.7 Å². The third kappa shape index (κ3) is 5.95. The van der Waals surface area contributed by atoms with Gasteiger partial charge in [0.15, 0.2) is 0 Å². The lowest BCUT2D eigenvalue weighted by Crippen LogP contribution is -2.30. The molecule has 1 heterocycles. The standard InChI is InChI=1S/C25H26N2O3/c1-3-4-6-19-10-14-21(15-11-19)26-25(29)23(17-22-7-5-16-30-22)27-24(28)20-12-8-18(2)9-13-20/h5,7-17H,3-4,6H2,1-2H3,(H,26,29)(H,27,28)/b23-17-. The summed E-state index contributed by atoms with van der Waals surface area (Å²) < 4.78 is 5.31. The van der Waals surface area contributed by atoms with Crippen LogP contribution < -0.4 is 10.6 Å². The first-order valence-corrected chi connectivity index (χ1v) is 10.1. The molecule has 3 rings (SSSR count). The van der Waals surface area contributed by atoms with Crippen LogP contribution in [0.3, 0.4) is 0 Å². The van der Waals surface area contributed by atoms with Crippen LogP contribution in [0.1, 0.15) is 47.0 Å². The van der Waals surface area contributed by atoms with Gasteiger partial charge in [-0.1, -0.05) is 43.2 Å². The average Bonchev–Trinajstić information content (AvgIpc) is 3.26. The van der Waals surface area contributed by atoms with Crippen LogP contribution in [-0.2, 0) is 11.2 Å². The van der Waals surface area contributed by atoms with Crippen molar-refractivity contribution in [2.75, 3.05) is 5.32 Å². The van der Waals surface area contributed by atoms with Crippen molar-refractivity contribution in [3.63, 3.8) is 0 Å². The van der Waals surface area contributed by atoms with E-state index in [1.165, 1.54) is 17.9 Å². The molecule has 1 aromatic heterocycles. The van der Waals surface area contributed by atoms with Gasteiger partial charge in [-0.3, -0.25) is 9.59 Å². The summed E-state index contributed by atoms with van der Waals surface area (Å²) in [5.41, 5.74) is 3.52. The molecule has 0 saturated heterocycles. The van der Waals surface area contributed by atoms with Crippen LogP contribution in [0.4, 0.5) is 5.69 Å². The molecule has 2 N–H and O–H groups in total. The molecule has 0 spiro atoms. The first-order chi connectivity index (χ1) is 14.5. The van der Waals surface area contributed by atoms with E-state index >= 15 is 0 Å². The summed E-state index contributed by atoms with van der Waals surface area (Å²) in [4.78, 5) is 25.5. The molecule has 0 saturated carbocycles. The zero-order valence-corrected chi connectivity index (χ0v) is 17.3. The first-order valence-electron chi connectivity index (χ1n) is 10.1. The fraction of sp³-hybridized carbons (Fsp3) is 0.200. The van der Waals surface area contributed by atoms with E-state index in [0.29, 0.717) is 17.0 Å². The Labute approximate surface area is 176 Å². The lowest BCUT2D eigenvalue weighted by atomic mass is 10.1. The fourth-order valence-electron chi connectivity index (χ4n) is 2.91. The van der Waals surface area contributed by atoms with E-state index in [9.17, 15) is 9.59 Å². The molecule has 0 bridgehead atoms. The molecule has 0 aliphatic heterocycles. The second-order valence-electron chi connectivity index (χ2n) is 7.15. The number of hydrogen-bond acceptors (Lipinski definition) is 3. The lowest BCUT2D eigenvalue weighted by Gasteiger charge is -2.11. The molecule has 5 nitrogen and oxygen atoms in total. The largest absolute Gasteiger partial charge is 0.465 e. The minimum atomic E-state index is -0.423. The minimum Gasteiger partial charge on any atom is -0.465 e. The van der Waals surface area contributed by atoms with Gasteiger partial charge in [0.05, 0.1) is 6.26 Å². The van der Waals surface area contributed by atoms with Crippen LogP contribution in [0.15, 0.2) is 77.0 Å². The van der Waals surface area contributed by atoms with Crippen LogP contribution in [0.25, 0.3) is 6.08 Å². The number of furan rings is 1. The molecule has 30 heavy (non-hydrogen) atoms. The Hall–Kier alpha value is -3.60. The summed E-state index contributed by atoms with van der Waals surface area (Å²) in [6.07, 6.45) is 6.31. The van der Waals surface area contributed by atoms with Gasteiger partial charge in [-0.2, -0.15) is 0 Å². The molecule has 3 aromatic rings. The van der Waals surface area contributed by atoms with E-state index < -0.39 is 5.91 Å². The van der Waals surface area contributed by atoms with Crippen molar-refractivity contribution in [3.05, 3.63) is 95.1 Å². The number of benzene rings is 2. The van der Waals surface area contributed by atoms with Crippen molar-refractivity contribution >= 4 is 23.6 Å². The summed E-state index contributed by atoms with van der Waals surface area (Å²) in [5, 5.41) is 5.54. The molecule has 0 atom stereocenters. The van der Waals surface area contributed by atoms with Crippen molar-refractivity contribution < 1.29 is 14.0 Å². The highest BCUT2D eigenvalue weighted by Gasteiger charge is 2.15. The Balaban J connectivity index is 1.75. The second kappa shape index (κ2) is 10.3. The SMILES string of the molecule is CCCCc1ccc(NC(=O)/C(=C/c2ccco2)NC(=O)c2ccc(C)cc2)cc1. The molecular weight excluding hydrogens is 376 g/mol. The normalized spacial score (nSPS) is 11.2. The lowest BCUT2D eigenvalue weighted by molar-refractivity contribution is -0.113. The minimum absolute atomic E-state index is 0.102. The number of hydrogen-bond donors (Lipinski definition) is 2. The molecule has 0 aliphatic carbocycles. The van der Waals surface area contributed by atoms with Gasteiger partial charge in [0.2, 0.25) is 0 Å². The van der Waals surface area contributed by atoms with Crippen molar-refractivity contribution in [2.45, 2.75) is 33.1 Å². The summed E-state index contributed by atoms with van der Waals surface area (Å²) in [7, 11) is 0. The van der Waals surface area contributed by atoms with E-state index in [2.05, 4.69) is 17.6 Å². The molecule has 154 valence electrons. The van der Waals surface area contributed by atoms with E-state index in [-0.39, 0.29) is 11.6 Å². The zero-order valence-electron chi connectivity index (χ0n) is 17.3. The van der Waals surface area contributed by atoms with Gasteiger partial charge in [0, 0.05) is 17.3 Å². The molecule has 2 amide bonds. The Bertz CT molecular complexity index is 1000. The van der Waals surface area contributed by atoms with E-state index in [1.807, 2.05) is 43.3 Å². The molecule has 0 radical (unpaired) electrons. The van der Waals surface area contributed by atoms with Gasteiger partial charge < -0.3 is 15.1 Å². The Kier molecular flexibility index (Phi) is 7.22. The predicted molar refractivity (Wildman–Crippen MR) is 119 cm³/mol. The van der Waals surface area contributed by atoms with Crippen molar-refractivity contribution in [1.29, 1.82) is 0 Å². The van der Waals surface area contributed by atoms with Crippen molar-refractivity contribution in [2.24, 2.45) is 0 Å². The number of aryl methyl sites for hydroxylation is 2. The molecule has 0 fully saturated rings. The predicted octanol–water partition coefficient (Wildman–Crippen LogP) is 5.34. The van der Waals surface area contributed by atoms with Gasteiger partial charge >= 0.3 is 0 Å². The number of carbonyl (C=O) groups is 2. The first kappa shape index (κ1) is 21.1. The molecule has 2 aromatic carbocycles.